The van der Waals surface area contributed by atoms with E-state index in [1.165, 1.54) is 0 Å². The van der Waals surface area contributed by atoms with Gasteiger partial charge in [-0.05, 0) is 32.9 Å². The maximum absolute atomic E-state index is 10.7. The molecule has 0 spiro atoms. The molecular weight excluding hydrogens is 166 g/mol. The van der Waals surface area contributed by atoms with Gasteiger partial charge in [0, 0.05) is 19.6 Å². The van der Waals surface area contributed by atoms with E-state index in [1.807, 2.05) is 0 Å². The molecule has 0 unspecified atom stereocenters. The van der Waals surface area contributed by atoms with Crippen LogP contribution >= 0.6 is 0 Å². The standard InChI is InChI=1S/C10H21NO2/c1-3-11(8-5-9-12)7-4-6-10(2)13/h12H,3-9H2,1-2H3. The molecule has 0 aliphatic rings. The van der Waals surface area contributed by atoms with Crippen LogP contribution in [0.2, 0.25) is 0 Å². The predicted octanol–water partition coefficient (Wildman–Crippen LogP) is 1.06. The molecule has 0 atom stereocenters. The third-order valence-electron chi connectivity index (χ3n) is 2.08. The van der Waals surface area contributed by atoms with Crippen molar-refractivity contribution in [2.75, 3.05) is 26.2 Å². The normalized spacial score (nSPS) is 10.8. The van der Waals surface area contributed by atoms with Crippen LogP contribution in [-0.4, -0.2) is 42.0 Å². The summed E-state index contributed by atoms with van der Waals surface area (Å²) in [5.74, 6) is 0.262. The number of aliphatic hydroxyl groups excluding tert-OH is 1. The average molecular weight is 187 g/mol. The van der Waals surface area contributed by atoms with Crippen molar-refractivity contribution in [3.05, 3.63) is 0 Å². The van der Waals surface area contributed by atoms with Gasteiger partial charge in [-0.3, -0.25) is 0 Å². The Hall–Kier alpha value is -0.410. The first-order valence-electron chi connectivity index (χ1n) is 5.03. The molecule has 0 saturated carbocycles. The number of hydrogen-bond acceptors (Lipinski definition) is 3. The molecule has 0 amide bonds. The van der Waals surface area contributed by atoms with Crippen molar-refractivity contribution in [1.82, 2.24) is 4.90 Å². The average Bonchev–Trinajstić information content (AvgIpc) is 2.10. The van der Waals surface area contributed by atoms with Crippen LogP contribution < -0.4 is 0 Å². The summed E-state index contributed by atoms with van der Waals surface area (Å²) in [5, 5.41) is 8.64. The van der Waals surface area contributed by atoms with Gasteiger partial charge in [-0.2, -0.15) is 0 Å². The van der Waals surface area contributed by atoms with Gasteiger partial charge in [0.2, 0.25) is 0 Å². The molecule has 0 aliphatic carbocycles. The lowest BCUT2D eigenvalue weighted by atomic mass is 10.2. The van der Waals surface area contributed by atoms with Crippen LogP contribution in [0.5, 0.6) is 0 Å². The fourth-order valence-electron chi connectivity index (χ4n) is 1.27. The maximum atomic E-state index is 10.7. The Morgan fingerprint density at radius 2 is 1.92 bits per heavy atom. The highest BCUT2D eigenvalue weighted by Crippen LogP contribution is 1.97. The molecule has 78 valence electrons. The number of carbonyl (C=O) groups excluding carboxylic acids is 1. The Bertz CT molecular complexity index is 137. The van der Waals surface area contributed by atoms with Crippen molar-refractivity contribution < 1.29 is 9.90 Å². The van der Waals surface area contributed by atoms with Gasteiger partial charge in [0.05, 0.1) is 0 Å². The molecule has 0 bridgehead atoms. The van der Waals surface area contributed by atoms with Gasteiger partial charge in [0.15, 0.2) is 0 Å². The second-order valence-electron chi connectivity index (χ2n) is 3.32. The van der Waals surface area contributed by atoms with E-state index < -0.39 is 0 Å². The minimum atomic E-state index is 0.253. The summed E-state index contributed by atoms with van der Waals surface area (Å²) in [6, 6.07) is 0. The molecule has 0 aliphatic heterocycles. The monoisotopic (exact) mass is 187 g/mol. The number of nitrogens with zero attached hydrogens (tertiary/aromatic N) is 1. The zero-order valence-corrected chi connectivity index (χ0v) is 8.75. The van der Waals surface area contributed by atoms with E-state index in [0.29, 0.717) is 6.42 Å². The number of ketones is 1. The van der Waals surface area contributed by atoms with E-state index in [0.717, 1.165) is 32.5 Å². The van der Waals surface area contributed by atoms with Gasteiger partial charge in [-0.1, -0.05) is 6.92 Å². The van der Waals surface area contributed by atoms with Gasteiger partial charge in [-0.25, -0.2) is 0 Å². The Balaban J connectivity index is 3.41. The Labute approximate surface area is 80.7 Å². The molecule has 0 radical (unpaired) electrons. The minimum Gasteiger partial charge on any atom is -0.396 e. The van der Waals surface area contributed by atoms with E-state index in [9.17, 15) is 4.79 Å². The summed E-state index contributed by atoms with van der Waals surface area (Å²) in [6.07, 6.45) is 2.44. The molecular formula is C10H21NO2. The van der Waals surface area contributed by atoms with Crippen molar-refractivity contribution in [3.63, 3.8) is 0 Å². The molecule has 0 saturated heterocycles. The first-order valence-corrected chi connectivity index (χ1v) is 5.03. The quantitative estimate of drug-likeness (QED) is 0.617. The van der Waals surface area contributed by atoms with Crippen LogP contribution in [-0.2, 0) is 4.79 Å². The highest BCUT2D eigenvalue weighted by Gasteiger charge is 2.01. The van der Waals surface area contributed by atoms with Crippen LogP contribution in [0.25, 0.3) is 0 Å². The zero-order valence-electron chi connectivity index (χ0n) is 8.75. The van der Waals surface area contributed by atoms with Crippen molar-refractivity contribution in [2.45, 2.75) is 33.1 Å². The minimum absolute atomic E-state index is 0.253. The summed E-state index contributed by atoms with van der Waals surface area (Å²) < 4.78 is 0. The summed E-state index contributed by atoms with van der Waals surface area (Å²) in [7, 11) is 0. The molecule has 0 heterocycles. The lowest BCUT2D eigenvalue weighted by molar-refractivity contribution is -0.117. The number of carbonyl (C=O) groups is 1. The second-order valence-corrected chi connectivity index (χ2v) is 3.32. The third-order valence-corrected chi connectivity index (χ3v) is 2.08. The number of Topliss-reactive ketones (excluding diaryl/α,β-unsaturated/α-hetero) is 1. The van der Waals surface area contributed by atoms with Crippen molar-refractivity contribution >= 4 is 5.78 Å². The van der Waals surface area contributed by atoms with Crippen LogP contribution in [0.15, 0.2) is 0 Å². The van der Waals surface area contributed by atoms with Crippen LogP contribution in [0.1, 0.15) is 33.1 Å². The molecule has 0 aromatic rings. The van der Waals surface area contributed by atoms with Gasteiger partial charge in [0.25, 0.3) is 0 Å². The molecule has 0 aromatic carbocycles. The van der Waals surface area contributed by atoms with Crippen molar-refractivity contribution in [3.8, 4) is 0 Å². The van der Waals surface area contributed by atoms with E-state index in [4.69, 9.17) is 5.11 Å². The topological polar surface area (TPSA) is 40.5 Å². The van der Waals surface area contributed by atoms with Crippen molar-refractivity contribution in [1.29, 1.82) is 0 Å². The fraction of sp³-hybridized carbons (Fsp3) is 0.900. The summed E-state index contributed by atoms with van der Waals surface area (Å²) in [5.41, 5.74) is 0. The number of hydrogen-bond donors (Lipinski definition) is 1. The Kier molecular flexibility index (Phi) is 7.94. The van der Waals surface area contributed by atoms with E-state index in [-0.39, 0.29) is 12.4 Å². The lowest BCUT2D eigenvalue weighted by Crippen LogP contribution is -2.26. The molecule has 3 heteroatoms. The highest BCUT2D eigenvalue weighted by molar-refractivity contribution is 5.75. The molecule has 3 nitrogen and oxygen atoms in total. The van der Waals surface area contributed by atoms with Gasteiger partial charge >= 0.3 is 0 Å². The molecule has 0 rings (SSSR count). The predicted molar refractivity (Wildman–Crippen MR) is 53.7 cm³/mol. The molecule has 0 aromatic heterocycles. The Morgan fingerprint density at radius 1 is 1.31 bits per heavy atom. The number of rotatable bonds is 8. The molecule has 13 heavy (non-hydrogen) atoms. The summed E-state index contributed by atoms with van der Waals surface area (Å²) >= 11 is 0. The third kappa shape index (κ3) is 7.94. The van der Waals surface area contributed by atoms with Crippen LogP contribution in [0.3, 0.4) is 0 Å². The smallest absolute Gasteiger partial charge is 0.129 e. The summed E-state index contributed by atoms with van der Waals surface area (Å²) in [4.78, 5) is 12.9. The second kappa shape index (κ2) is 8.20. The zero-order chi connectivity index (χ0) is 10.1. The van der Waals surface area contributed by atoms with Gasteiger partial charge < -0.3 is 14.8 Å². The van der Waals surface area contributed by atoms with Crippen molar-refractivity contribution in [2.24, 2.45) is 0 Å². The summed E-state index contributed by atoms with van der Waals surface area (Å²) in [6.45, 7) is 6.89. The van der Waals surface area contributed by atoms with E-state index in [1.54, 1.807) is 6.92 Å². The fourth-order valence-corrected chi connectivity index (χ4v) is 1.27. The molecule has 1 N–H and O–H groups in total. The first kappa shape index (κ1) is 12.6. The van der Waals surface area contributed by atoms with E-state index in [2.05, 4.69) is 11.8 Å². The van der Waals surface area contributed by atoms with Crippen LogP contribution in [0.4, 0.5) is 0 Å². The maximum Gasteiger partial charge on any atom is 0.129 e. The SMILES string of the molecule is CCN(CCCO)CCCC(C)=O. The largest absolute Gasteiger partial charge is 0.396 e. The number of aliphatic hydroxyl groups is 1. The Morgan fingerprint density at radius 3 is 2.38 bits per heavy atom. The van der Waals surface area contributed by atoms with Gasteiger partial charge in [0.1, 0.15) is 5.78 Å². The highest BCUT2D eigenvalue weighted by atomic mass is 16.3. The molecule has 0 fully saturated rings. The first-order chi connectivity index (χ1) is 6.20. The van der Waals surface area contributed by atoms with E-state index >= 15 is 0 Å². The lowest BCUT2D eigenvalue weighted by Gasteiger charge is -2.19. The van der Waals surface area contributed by atoms with Crippen LogP contribution in [0, 0.1) is 0 Å². The van der Waals surface area contributed by atoms with Gasteiger partial charge in [-0.15, -0.1) is 0 Å².